The fourth-order valence-electron chi connectivity index (χ4n) is 1.97. The average molecular weight is 226 g/mol. The van der Waals surface area contributed by atoms with Crippen LogP contribution in [0.3, 0.4) is 0 Å². The lowest BCUT2D eigenvalue weighted by Gasteiger charge is -1.99. The van der Waals surface area contributed by atoms with Crippen LogP contribution in [0, 0.1) is 0 Å². The Bertz CT molecular complexity index is 180. The van der Waals surface area contributed by atoms with E-state index >= 15 is 0 Å². The van der Waals surface area contributed by atoms with Gasteiger partial charge in [0.1, 0.15) is 6.10 Å². The van der Waals surface area contributed by atoms with Crippen LogP contribution in [0.2, 0.25) is 0 Å². The van der Waals surface area contributed by atoms with Gasteiger partial charge in [-0.05, 0) is 6.42 Å². The Morgan fingerprint density at radius 2 is 1.88 bits per heavy atom. The van der Waals surface area contributed by atoms with Gasteiger partial charge in [-0.15, -0.1) is 6.58 Å². The van der Waals surface area contributed by atoms with Crippen LogP contribution in [-0.2, 0) is 9.47 Å². The highest BCUT2D eigenvalue weighted by atomic mass is 16.6. The highest BCUT2D eigenvalue weighted by Gasteiger charge is 2.37. The molecule has 2 nitrogen and oxygen atoms in total. The van der Waals surface area contributed by atoms with Gasteiger partial charge in [0, 0.05) is 0 Å². The first-order valence-corrected chi connectivity index (χ1v) is 6.72. The van der Waals surface area contributed by atoms with Gasteiger partial charge in [0.2, 0.25) is 0 Å². The number of rotatable bonds is 11. The Hall–Kier alpha value is -0.340. The summed E-state index contributed by atoms with van der Waals surface area (Å²) >= 11 is 0. The second-order valence-corrected chi connectivity index (χ2v) is 4.60. The molecule has 1 aliphatic rings. The summed E-state index contributed by atoms with van der Waals surface area (Å²) < 4.78 is 10.9. The minimum Gasteiger partial charge on any atom is -0.375 e. The molecule has 94 valence electrons. The topological polar surface area (TPSA) is 21.8 Å². The van der Waals surface area contributed by atoms with E-state index in [9.17, 15) is 0 Å². The van der Waals surface area contributed by atoms with Gasteiger partial charge in [-0.1, -0.05) is 51.5 Å². The number of hydrogen-bond donors (Lipinski definition) is 0. The monoisotopic (exact) mass is 226 g/mol. The van der Waals surface area contributed by atoms with Crippen molar-refractivity contribution >= 4 is 0 Å². The van der Waals surface area contributed by atoms with Crippen LogP contribution < -0.4 is 0 Å². The van der Waals surface area contributed by atoms with Crippen LogP contribution in [0.5, 0.6) is 0 Å². The third-order valence-electron chi connectivity index (χ3n) is 3.05. The predicted octanol–water partition coefficient (Wildman–Crippen LogP) is 3.71. The minimum atomic E-state index is 0.371. The Balaban J connectivity index is 1.80. The lowest BCUT2D eigenvalue weighted by Crippen LogP contribution is -2.04. The molecule has 2 atom stereocenters. The lowest BCUT2D eigenvalue weighted by molar-refractivity contribution is 0.141. The van der Waals surface area contributed by atoms with E-state index in [-0.39, 0.29) is 0 Å². The van der Waals surface area contributed by atoms with Crippen molar-refractivity contribution in [2.45, 2.75) is 64.1 Å². The van der Waals surface area contributed by atoms with E-state index in [0.717, 1.165) is 6.61 Å². The highest BCUT2D eigenvalue weighted by Crippen LogP contribution is 2.27. The van der Waals surface area contributed by atoms with E-state index in [4.69, 9.17) is 9.47 Å². The Kier molecular flexibility index (Phi) is 7.52. The van der Waals surface area contributed by atoms with Crippen LogP contribution in [-0.4, -0.2) is 25.4 Å². The summed E-state index contributed by atoms with van der Waals surface area (Å²) in [6.07, 6.45) is 12.0. The number of unbranched alkanes of at least 4 members (excludes halogenated alkanes) is 5. The molecule has 1 aliphatic heterocycles. The SMILES string of the molecule is C=CCOCC1OC1CCCCCCCC. The number of hydrogen-bond acceptors (Lipinski definition) is 2. The Morgan fingerprint density at radius 1 is 1.12 bits per heavy atom. The van der Waals surface area contributed by atoms with Gasteiger partial charge in [0.15, 0.2) is 0 Å². The zero-order valence-corrected chi connectivity index (χ0v) is 10.6. The second kappa shape index (κ2) is 8.77. The van der Waals surface area contributed by atoms with Gasteiger partial charge in [0.05, 0.1) is 19.3 Å². The van der Waals surface area contributed by atoms with Crippen LogP contribution >= 0.6 is 0 Å². The molecule has 0 saturated carbocycles. The smallest absolute Gasteiger partial charge is 0.107 e. The largest absolute Gasteiger partial charge is 0.375 e. The summed E-state index contributed by atoms with van der Waals surface area (Å²) in [5, 5.41) is 0. The molecule has 1 rings (SSSR count). The van der Waals surface area contributed by atoms with Crippen LogP contribution in [0.15, 0.2) is 12.7 Å². The quantitative estimate of drug-likeness (QED) is 0.304. The summed E-state index contributed by atoms with van der Waals surface area (Å²) in [6.45, 7) is 7.26. The highest BCUT2D eigenvalue weighted by molar-refractivity contribution is 4.84. The van der Waals surface area contributed by atoms with E-state index in [1.165, 1.54) is 44.9 Å². The number of epoxide rings is 1. The van der Waals surface area contributed by atoms with Crippen molar-refractivity contribution in [3.05, 3.63) is 12.7 Å². The fraction of sp³-hybridized carbons (Fsp3) is 0.857. The van der Waals surface area contributed by atoms with E-state index in [2.05, 4.69) is 13.5 Å². The molecule has 1 fully saturated rings. The van der Waals surface area contributed by atoms with Crippen molar-refractivity contribution < 1.29 is 9.47 Å². The summed E-state index contributed by atoms with van der Waals surface area (Å²) in [6, 6.07) is 0. The van der Waals surface area contributed by atoms with E-state index in [1.54, 1.807) is 6.08 Å². The maximum Gasteiger partial charge on any atom is 0.107 e. The first kappa shape index (κ1) is 13.7. The summed E-state index contributed by atoms with van der Waals surface area (Å²) in [7, 11) is 0. The van der Waals surface area contributed by atoms with Crippen molar-refractivity contribution in [1.29, 1.82) is 0 Å². The van der Waals surface area contributed by atoms with Crippen LogP contribution in [0.4, 0.5) is 0 Å². The second-order valence-electron chi connectivity index (χ2n) is 4.60. The van der Waals surface area contributed by atoms with Crippen molar-refractivity contribution in [2.75, 3.05) is 13.2 Å². The molecule has 0 N–H and O–H groups in total. The standard InChI is InChI=1S/C14H26O2/c1-3-5-6-7-8-9-10-13-14(16-13)12-15-11-4-2/h4,13-14H,2-3,5-12H2,1H3. The lowest BCUT2D eigenvalue weighted by atomic mass is 10.1. The summed E-state index contributed by atoms with van der Waals surface area (Å²) in [4.78, 5) is 0. The predicted molar refractivity (Wildman–Crippen MR) is 67.7 cm³/mol. The first-order chi connectivity index (χ1) is 7.88. The van der Waals surface area contributed by atoms with Crippen molar-refractivity contribution in [2.24, 2.45) is 0 Å². The minimum absolute atomic E-state index is 0.371. The zero-order chi connectivity index (χ0) is 11.6. The molecule has 16 heavy (non-hydrogen) atoms. The molecule has 1 heterocycles. The van der Waals surface area contributed by atoms with Gasteiger partial charge < -0.3 is 9.47 Å². The summed E-state index contributed by atoms with van der Waals surface area (Å²) in [5.74, 6) is 0. The van der Waals surface area contributed by atoms with Crippen LogP contribution in [0.1, 0.15) is 51.9 Å². The van der Waals surface area contributed by atoms with E-state index in [0.29, 0.717) is 18.8 Å². The molecular weight excluding hydrogens is 200 g/mol. The Labute approximate surface area is 100 Å². The molecule has 2 heteroatoms. The third kappa shape index (κ3) is 6.29. The Morgan fingerprint density at radius 3 is 2.62 bits per heavy atom. The zero-order valence-electron chi connectivity index (χ0n) is 10.6. The maximum atomic E-state index is 5.53. The molecule has 2 unspecified atom stereocenters. The molecular formula is C14H26O2. The molecule has 0 bridgehead atoms. The van der Waals surface area contributed by atoms with Gasteiger partial charge in [-0.2, -0.15) is 0 Å². The van der Waals surface area contributed by atoms with Crippen molar-refractivity contribution in [1.82, 2.24) is 0 Å². The molecule has 0 amide bonds. The molecule has 0 aromatic carbocycles. The maximum absolute atomic E-state index is 5.53. The van der Waals surface area contributed by atoms with Crippen molar-refractivity contribution in [3.63, 3.8) is 0 Å². The molecule has 0 aliphatic carbocycles. The summed E-state index contributed by atoms with van der Waals surface area (Å²) in [5.41, 5.74) is 0. The molecule has 1 saturated heterocycles. The van der Waals surface area contributed by atoms with E-state index in [1.807, 2.05) is 0 Å². The first-order valence-electron chi connectivity index (χ1n) is 6.72. The fourth-order valence-corrected chi connectivity index (χ4v) is 1.97. The van der Waals surface area contributed by atoms with Gasteiger partial charge in [0.25, 0.3) is 0 Å². The van der Waals surface area contributed by atoms with E-state index < -0.39 is 0 Å². The van der Waals surface area contributed by atoms with Crippen LogP contribution in [0.25, 0.3) is 0 Å². The molecule has 0 radical (unpaired) electrons. The average Bonchev–Trinajstić information content (AvgIpc) is 3.03. The van der Waals surface area contributed by atoms with Gasteiger partial charge in [-0.3, -0.25) is 0 Å². The molecule has 0 aromatic heterocycles. The van der Waals surface area contributed by atoms with Crippen molar-refractivity contribution in [3.8, 4) is 0 Å². The molecule has 0 spiro atoms. The van der Waals surface area contributed by atoms with Gasteiger partial charge in [-0.25, -0.2) is 0 Å². The molecule has 0 aromatic rings. The van der Waals surface area contributed by atoms with Gasteiger partial charge >= 0.3 is 0 Å². The normalized spacial score (nSPS) is 23.3. The number of ether oxygens (including phenoxy) is 2. The third-order valence-corrected chi connectivity index (χ3v) is 3.05.